The van der Waals surface area contributed by atoms with E-state index in [4.69, 9.17) is 0 Å². The molecule has 0 aliphatic heterocycles. The Morgan fingerprint density at radius 3 is 2.25 bits per heavy atom. The minimum atomic E-state index is -4.17. The van der Waals surface area contributed by atoms with Crippen LogP contribution < -0.4 is 0 Å². The zero-order valence-electron chi connectivity index (χ0n) is 11.9. The SMILES string of the molecule is CCCc1cccc2c(CCC)c(S(=O)(=O)O)ccc12. The second kappa shape index (κ2) is 5.94. The molecule has 3 nitrogen and oxygen atoms in total. The van der Waals surface area contributed by atoms with Gasteiger partial charge in [0.15, 0.2) is 0 Å². The van der Waals surface area contributed by atoms with Gasteiger partial charge in [0, 0.05) is 0 Å². The van der Waals surface area contributed by atoms with Gasteiger partial charge < -0.3 is 0 Å². The monoisotopic (exact) mass is 292 g/mol. The van der Waals surface area contributed by atoms with Crippen molar-refractivity contribution >= 4 is 20.9 Å². The maximum atomic E-state index is 11.5. The van der Waals surface area contributed by atoms with Crippen LogP contribution >= 0.6 is 0 Å². The van der Waals surface area contributed by atoms with Gasteiger partial charge in [-0.3, -0.25) is 4.55 Å². The first-order valence-corrected chi connectivity index (χ1v) is 8.44. The summed E-state index contributed by atoms with van der Waals surface area (Å²) in [4.78, 5) is 0.0421. The molecule has 0 fully saturated rings. The van der Waals surface area contributed by atoms with Gasteiger partial charge in [0.25, 0.3) is 10.1 Å². The Labute approximate surface area is 120 Å². The summed E-state index contributed by atoms with van der Waals surface area (Å²) < 4.78 is 32.5. The summed E-state index contributed by atoms with van der Waals surface area (Å²) in [7, 11) is -4.17. The Kier molecular flexibility index (Phi) is 4.45. The minimum Gasteiger partial charge on any atom is -0.282 e. The van der Waals surface area contributed by atoms with Crippen molar-refractivity contribution in [2.24, 2.45) is 0 Å². The first-order valence-electron chi connectivity index (χ1n) is 7.00. The number of hydrogen-bond donors (Lipinski definition) is 1. The molecule has 0 spiro atoms. The fourth-order valence-corrected chi connectivity index (χ4v) is 3.47. The van der Waals surface area contributed by atoms with Crippen LogP contribution in [-0.2, 0) is 23.0 Å². The highest BCUT2D eigenvalue weighted by molar-refractivity contribution is 7.85. The van der Waals surface area contributed by atoms with Crippen LogP contribution in [0.3, 0.4) is 0 Å². The lowest BCUT2D eigenvalue weighted by molar-refractivity contribution is 0.482. The number of aryl methyl sites for hydroxylation is 2. The molecule has 1 N–H and O–H groups in total. The van der Waals surface area contributed by atoms with Gasteiger partial charge in [0.2, 0.25) is 0 Å². The maximum Gasteiger partial charge on any atom is 0.294 e. The number of hydrogen-bond acceptors (Lipinski definition) is 2. The summed E-state index contributed by atoms with van der Waals surface area (Å²) in [5.41, 5.74) is 1.95. The summed E-state index contributed by atoms with van der Waals surface area (Å²) in [6, 6.07) is 9.31. The molecule has 0 aliphatic rings. The Morgan fingerprint density at radius 1 is 0.950 bits per heavy atom. The minimum absolute atomic E-state index is 0.0421. The average molecular weight is 292 g/mol. The van der Waals surface area contributed by atoms with Crippen molar-refractivity contribution < 1.29 is 13.0 Å². The topological polar surface area (TPSA) is 54.4 Å². The molecule has 2 rings (SSSR count). The summed E-state index contributed by atoms with van der Waals surface area (Å²) in [5, 5.41) is 2.03. The molecule has 0 bridgehead atoms. The first kappa shape index (κ1) is 15.0. The standard InChI is InChI=1S/C16H20O3S/c1-3-6-12-8-5-9-14-13(12)10-11-16(20(17,18)19)15(14)7-4-2/h5,8-11H,3-4,6-7H2,1-2H3,(H,17,18,19). The second-order valence-corrected chi connectivity index (χ2v) is 6.42. The van der Waals surface area contributed by atoms with Crippen molar-refractivity contribution in [1.82, 2.24) is 0 Å². The predicted molar refractivity (Wildman–Crippen MR) is 81.8 cm³/mol. The fourth-order valence-electron chi connectivity index (χ4n) is 2.70. The third-order valence-corrected chi connectivity index (χ3v) is 4.46. The van der Waals surface area contributed by atoms with Crippen molar-refractivity contribution in [3.63, 3.8) is 0 Å². The second-order valence-electron chi connectivity index (χ2n) is 5.03. The van der Waals surface area contributed by atoms with Crippen molar-refractivity contribution in [3.05, 3.63) is 41.5 Å². The predicted octanol–water partition coefficient (Wildman–Crippen LogP) is 3.99. The van der Waals surface area contributed by atoms with Crippen molar-refractivity contribution in [1.29, 1.82) is 0 Å². The van der Waals surface area contributed by atoms with Crippen molar-refractivity contribution in [2.45, 2.75) is 44.4 Å². The van der Waals surface area contributed by atoms with E-state index in [1.807, 2.05) is 25.1 Å². The molecule has 0 saturated carbocycles. The lowest BCUT2D eigenvalue weighted by Crippen LogP contribution is -2.04. The summed E-state index contributed by atoms with van der Waals surface area (Å²) in [5.74, 6) is 0. The lowest BCUT2D eigenvalue weighted by atomic mass is 9.96. The van der Waals surface area contributed by atoms with Crippen LogP contribution in [0.1, 0.15) is 37.8 Å². The molecule has 0 aromatic heterocycles. The van der Waals surface area contributed by atoms with Gasteiger partial charge in [-0.25, -0.2) is 0 Å². The molecule has 0 aliphatic carbocycles. The molecule has 0 unspecified atom stereocenters. The van der Waals surface area contributed by atoms with E-state index in [2.05, 4.69) is 13.0 Å². The van der Waals surface area contributed by atoms with E-state index in [1.165, 1.54) is 11.6 Å². The molecule has 4 heteroatoms. The fraction of sp³-hybridized carbons (Fsp3) is 0.375. The van der Waals surface area contributed by atoms with Gasteiger partial charge in [-0.15, -0.1) is 0 Å². The van der Waals surface area contributed by atoms with Crippen LogP contribution in [0, 0.1) is 0 Å². The summed E-state index contributed by atoms with van der Waals surface area (Å²) >= 11 is 0. The third kappa shape index (κ3) is 2.86. The van der Waals surface area contributed by atoms with E-state index in [9.17, 15) is 13.0 Å². The Balaban J connectivity index is 2.79. The van der Waals surface area contributed by atoms with Gasteiger partial charge in [0.05, 0.1) is 4.90 Å². The van der Waals surface area contributed by atoms with E-state index in [0.29, 0.717) is 6.42 Å². The van der Waals surface area contributed by atoms with E-state index < -0.39 is 10.1 Å². The van der Waals surface area contributed by atoms with Crippen LogP contribution in [0.5, 0.6) is 0 Å². The molecule has 0 radical (unpaired) electrons. The quantitative estimate of drug-likeness (QED) is 0.848. The van der Waals surface area contributed by atoms with E-state index >= 15 is 0 Å². The normalized spacial score (nSPS) is 11.9. The number of benzene rings is 2. The molecule has 0 heterocycles. The molecule has 2 aromatic rings. The Bertz CT molecular complexity index is 718. The first-order chi connectivity index (χ1) is 9.49. The largest absolute Gasteiger partial charge is 0.294 e. The average Bonchev–Trinajstić information content (AvgIpc) is 2.39. The molecule has 20 heavy (non-hydrogen) atoms. The van der Waals surface area contributed by atoms with Crippen molar-refractivity contribution in [3.8, 4) is 0 Å². The van der Waals surface area contributed by atoms with Crippen LogP contribution in [-0.4, -0.2) is 13.0 Å². The van der Waals surface area contributed by atoms with Crippen LogP contribution in [0.15, 0.2) is 35.2 Å². The zero-order valence-corrected chi connectivity index (χ0v) is 12.7. The molecule has 2 aromatic carbocycles. The number of rotatable bonds is 5. The highest BCUT2D eigenvalue weighted by Crippen LogP contribution is 2.29. The molecule has 108 valence electrons. The zero-order chi connectivity index (χ0) is 14.8. The van der Waals surface area contributed by atoms with Gasteiger partial charge in [0.1, 0.15) is 0 Å². The van der Waals surface area contributed by atoms with Crippen molar-refractivity contribution in [2.75, 3.05) is 0 Å². The summed E-state index contributed by atoms with van der Waals surface area (Å²) in [6.07, 6.45) is 3.48. The van der Waals surface area contributed by atoms with Gasteiger partial charge in [-0.1, -0.05) is 51.0 Å². The third-order valence-electron chi connectivity index (χ3n) is 3.52. The summed E-state index contributed by atoms with van der Waals surface area (Å²) in [6.45, 7) is 4.13. The molecule has 0 saturated heterocycles. The Hall–Kier alpha value is -1.39. The molecular weight excluding hydrogens is 272 g/mol. The van der Waals surface area contributed by atoms with E-state index in [1.54, 1.807) is 0 Å². The highest BCUT2D eigenvalue weighted by atomic mass is 32.2. The van der Waals surface area contributed by atoms with Crippen LogP contribution in [0.25, 0.3) is 10.8 Å². The highest BCUT2D eigenvalue weighted by Gasteiger charge is 2.18. The number of fused-ring (bicyclic) bond motifs is 1. The van der Waals surface area contributed by atoms with Gasteiger partial charge in [-0.2, -0.15) is 8.42 Å². The smallest absolute Gasteiger partial charge is 0.282 e. The maximum absolute atomic E-state index is 11.5. The molecular formula is C16H20O3S. The van der Waals surface area contributed by atoms with Gasteiger partial charge >= 0.3 is 0 Å². The molecule has 0 amide bonds. The van der Waals surface area contributed by atoms with Crippen LogP contribution in [0.4, 0.5) is 0 Å². The van der Waals surface area contributed by atoms with Crippen LogP contribution in [0.2, 0.25) is 0 Å². The lowest BCUT2D eigenvalue weighted by Gasteiger charge is -2.13. The van der Waals surface area contributed by atoms with E-state index in [0.717, 1.165) is 35.6 Å². The Morgan fingerprint density at radius 2 is 1.65 bits per heavy atom. The van der Waals surface area contributed by atoms with Gasteiger partial charge in [-0.05, 0) is 40.8 Å². The van der Waals surface area contributed by atoms with E-state index in [-0.39, 0.29) is 4.90 Å². The molecule has 0 atom stereocenters.